The van der Waals surface area contributed by atoms with Crippen LogP contribution >= 0.6 is 0 Å². The number of carbonyl (C=O) groups is 2. The average molecular weight is 467 g/mol. The summed E-state index contributed by atoms with van der Waals surface area (Å²) in [6.45, 7) is 4.66. The van der Waals surface area contributed by atoms with E-state index in [1.807, 2.05) is 0 Å². The minimum atomic E-state index is -1.71. The number of ether oxygens (including phenoxy) is 2. The van der Waals surface area contributed by atoms with Gasteiger partial charge in [-0.1, -0.05) is 13.8 Å². The summed E-state index contributed by atoms with van der Waals surface area (Å²) in [6.07, 6.45) is 0.569. The number of hydrogen-bond donors (Lipinski definition) is 4. The first-order chi connectivity index (χ1) is 15.6. The number of fused-ring (bicyclic) bond motifs is 5. The Balaban J connectivity index is 1.32. The van der Waals surface area contributed by atoms with Gasteiger partial charge in [-0.05, 0) is 79.4 Å². The Labute approximate surface area is 194 Å². The number of Topliss-reactive ketones (excluding diaryl/α,β-unsaturated/α-hetero) is 1. The molecule has 186 valence electrons. The number of aliphatic hydroxyl groups excluding tert-OH is 3. The maximum atomic E-state index is 12.1. The molecule has 0 radical (unpaired) electrons. The first-order valence-electron chi connectivity index (χ1n) is 12.7. The predicted octanol–water partition coefficient (Wildman–Crippen LogP) is 1.88. The first kappa shape index (κ1) is 23.7. The summed E-state index contributed by atoms with van der Waals surface area (Å²) in [6, 6.07) is 0. The van der Waals surface area contributed by atoms with Gasteiger partial charge in [-0.15, -0.1) is 0 Å². The second-order valence-corrected chi connectivity index (χ2v) is 11.9. The lowest BCUT2D eigenvalue weighted by Gasteiger charge is -2.60. The Kier molecular flexibility index (Phi) is 5.93. The normalized spacial score (nSPS) is 54.3. The number of rotatable bonds is 3. The van der Waals surface area contributed by atoms with E-state index < -0.39 is 36.7 Å². The molecule has 4 aliphatic carbocycles. The molecule has 5 aliphatic rings. The molecule has 1 heterocycles. The van der Waals surface area contributed by atoms with Gasteiger partial charge in [0.1, 0.15) is 24.1 Å². The number of hydrogen-bond acceptors (Lipinski definition) is 7. The standard InChI is InChI=1S/C25H38O8/c1-24-9-7-13(26)11-12(24)3-4-14-15-5-6-17(25(15,2)10-8-16(14)24)32-23-20(29)18(27)19(28)21(33-23)22(30)31/h12,14-21,23,27-29H,3-11H2,1-2H3,(H,30,31)/t12?,14-,15-,16-,17-,18-,19-,20+,21-,23?,24-,25-/m0/s1. The molecule has 1 aliphatic heterocycles. The van der Waals surface area contributed by atoms with E-state index in [1.165, 1.54) is 0 Å². The minimum Gasteiger partial charge on any atom is -0.479 e. The van der Waals surface area contributed by atoms with Gasteiger partial charge in [0.2, 0.25) is 0 Å². The summed E-state index contributed by atoms with van der Waals surface area (Å²) in [4.78, 5) is 23.6. The number of ketones is 1. The van der Waals surface area contributed by atoms with Crippen LogP contribution in [0.15, 0.2) is 0 Å². The van der Waals surface area contributed by atoms with Crippen molar-refractivity contribution in [3.05, 3.63) is 0 Å². The van der Waals surface area contributed by atoms with Crippen molar-refractivity contribution >= 4 is 11.8 Å². The highest BCUT2D eigenvalue weighted by atomic mass is 16.7. The Hall–Kier alpha value is -1.06. The molecule has 8 nitrogen and oxygen atoms in total. The van der Waals surface area contributed by atoms with E-state index in [4.69, 9.17) is 9.47 Å². The zero-order chi connectivity index (χ0) is 23.7. The highest BCUT2D eigenvalue weighted by molar-refractivity contribution is 5.79. The van der Waals surface area contributed by atoms with Gasteiger partial charge >= 0.3 is 5.97 Å². The third kappa shape index (κ3) is 3.59. The van der Waals surface area contributed by atoms with Crippen LogP contribution in [0.5, 0.6) is 0 Å². The van der Waals surface area contributed by atoms with Crippen LogP contribution in [-0.2, 0) is 19.1 Å². The van der Waals surface area contributed by atoms with E-state index >= 15 is 0 Å². The quantitative estimate of drug-likeness (QED) is 0.495. The van der Waals surface area contributed by atoms with Crippen molar-refractivity contribution in [1.82, 2.24) is 0 Å². The monoisotopic (exact) mass is 466 g/mol. The summed E-state index contributed by atoms with van der Waals surface area (Å²) in [5.74, 6) is 1.21. The van der Waals surface area contributed by atoms with Crippen molar-refractivity contribution in [2.75, 3.05) is 0 Å². The molecule has 0 aromatic heterocycles. The number of carboxylic acids is 1. The van der Waals surface area contributed by atoms with Crippen LogP contribution in [-0.4, -0.2) is 69.0 Å². The number of carboxylic acid groups (broad SMARTS) is 1. The second-order valence-electron chi connectivity index (χ2n) is 11.9. The third-order valence-corrected chi connectivity index (χ3v) is 10.5. The lowest BCUT2D eigenvalue weighted by molar-refractivity contribution is -0.313. The topological polar surface area (TPSA) is 134 Å². The number of carbonyl (C=O) groups excluding carboxylic acids is 1. The fourth-order valence-electron chi connectivity index (χ4n) is 8.55. The zero-order valence-corrected chi connectivity index (χ0v) is 19.6. The van der Waals surface area contributed by atoms with Gasteiger partial charge in [0.05, 0.1) is 6.10 Å². The SMILES string of the molecule is C[C@]12CC[C@H]3[C@@H](CCC4CC(=O)CC[C@@]43C)[C@@H]1CC[C@@H]2OC1O[C@H](C(=O)O)[C@@H](O)[C@H](O)[C@H]1O. The largest absolute Gasteiger partial charge is 0.479 e. The van der Waals surface area contributed by atoms with Crippen LogP contribution in [0, 0.1) is 34.5 Å². The summed E-state index contributed by atoms with van der Waals surface area (Å²) in [5.41, 5.74) is 0.117. The van der Waals surface area contributed by atoms with Crippen molar-refractivity contribution in [2.24, 2.45) is 34.5 Å². The van der Waals surface area contributed by atoms with E-state index in [-0.39, 0.29) is 16.9 Å². The van der Waals surface area contributed by atoms with Gasteiger partial charge in [-0.25, -0.2) is 4.79 Å². The highest BCUT2D eigenvalue weighted by Gasteiger charge is 2.61. The molecule has 0 spiro atoms. The maximum absolute atomic E-state index is 12.1. The van der Waals surface area contributed by atoms with Crippen LogP contribution < -0.4 is 0 Å². The Morgan fingerprint density at radius 2 is 1.67 bits per heavy atom. The molecule has 0 aromatic carbocycles. The highest BCUT2D eigenvalue weighted by Crippen LogP contribution is 2.66. The summed E-state index contributed by atoms with van der Waals surface area (Å²) >= 11 is 0. The van der Waals surface area contributed by atoms with Gasteiger partial charge < -0.3 is 29.9 Å². The van der Waals surface area contributed by atoms with Crippen molar-refractivity contribution in [1.29, 1.82) is 0 Å². The van der Waals surface area contributed by atoms with Crippen molar-refractivity contribution in [3.8, 4) is 0 Å². The fourth-order valence-corrected chi connectivity index (χ4v) is 8.55. The van der Waals surface area contributed by atoms with E-state index in [0.29, 0.717) is 35.9 Å². The average Bonchev–Trinajstić information content (AvgIpc) is 3.10. The van der Waals surface area contributed by atoms with Crippen molar-refractivity contribution in [3.63, 3.8) is 0 Å². The zero-order valence-electron chi connectivity index (χ0n) is 19.6. The Morgan fingerprint density at radius 3 is 2.39 bits per heavy atom. The Bertz CT molecular complexity index is 801. The molecule has 33 heavy (non-hydrogen) atoms. The van der Waals surface area contributed by atoms with Crippen molar-refractivity contribution in [2.45, 2.75) is 108 Å². The molecule has 1 saturated heterocycles. The molecule has 8 heteroatoms. The molecule has 4 saturated carbocycles. The van der Waals surface area contributed by atoms with Crippen LogP contribution in [0.1, 0.15) is 71.6 Å². The van der Waals surface area contributed by atoms with E-state index in [9.17, 15) is 30.0 Å². The fraction of sp³-hybridized carbons (Fsp3) is 0.920. The van der Waals surface area contributed by atoms with Gasteiger partial charge in [-0.2, -0.15) is 0 Å². The molecular weight excluding hydrogens is 428 g/mol. The molecule has 4 N–H and O–H groups in total. The number of aliphatic carboxylic acids is 1. The van der Waals surface area contributed by atoms with Crippen molar-refractivity contribution < 1.29 is 39.5 Å². The maximum Gasteiger partial charge on any atom is 0.335 e. The van der Waals surface area contributed by atoms with E-state index in [2.05, 4.69) is 13.8 Å². The predicted molar refractivity (Wildman–Crippen MR) is 116 cm³/mol. The van der Waals surface area contributed by atoms with Crippen LogP contribution in [0.25, 0.3) is 0 Å². The van der Waals surface area contributed by atoms with Crippen LogP contribution in [0.3, 0.4) is 0 Å². The molecule has 2 unspecified atom stereocenters. The number of aliphatic hydroxyl groups is 3. The molecule has 0 bridgehead atoms. The summed E-state index contributed by atoms with van der Waals surface area (Å²) in [5, 5.41) is 39.9. The lowest BCUT2D eigenvalue weighted by atomic mass is 9.45. The second kappa shape index (κ2) is 8.26. The van der Waals surface area contributed by atoms with E-state index in [1.54, 1.807) is 0 Å². The smallest absolute Gasteiger partial charge is 0.335 e. The molecule has 12 atom stereocenters. The van der Waals surface area contributed by atoms with Crippen LogP contribution in [0.4, 0.5) is 0 Å². The van der Waals surface area contributed by atoms with E-state index in [0.717, 1.165) is 51.4 Å². The molecule has 5 fully saturated rings. The Morgan fingerprint density at radius 1 is 0.939 bits per heavy atom. The molecule has 0 amide bonds. The molecule has 5 rings (SSSR count). The van der Waals surface area contributed by atoms with Gasteiger partial charge in [0.15, 0.2) is 12.4 Å². The summed E-state index contributed by atoms with van der Waals surface area (Å²) < 4.78 is 11.6. The molecule has 0 aromatic rings. The summed E-state index contributed by atoms with van der Waals surface area (Å²) in [7, 11) is 0. The third-order valence-electron chi connectivity index (χ3n) is 10.5. The van der Waals surface area contributed by atoms with Crippen LogP contribution in [0.2, 0.25) is 0 Å². The lowest BCUT2D eigenvalue weighted by Crippen LogP contribution is -2.61. The first-order valence-corrected chi connectivity index (χ1v) is 12.7. The molecular formula is C25H38O8. The minimum absolute atomic E-state index is 0.113. The van der Waals surface area contributed by atoms with Gasteiger partial charge in [0, 0.05) is 12.8 Å². The van der Waals surface area contributed by atoms with Gasteiger partial charge in [-0.3, -0.25) is 4.79 Å². The van der Waals surface area contributed by atoms with Gasteiger partial charge in [0.25, 0.3) is 0 Å².